The number of allylic oxidation sites excluding steroid dienone is 1. The van der Waals surface area contributed by atoms with Crippen molar-refractivity contribution in [3.8, 4) is 29.6 Å². The summed E-state index contributed by atoms with van der Waals surface area (Å²) in [6, 6.07) is 46.9. The Kier molecular flexibility index (Phi) is 28.0. The summed E-state index contributed by atoms with van der Waals surface area (Å²) in [5, 5.41) is 0. The van der Waals surface area contributed by atoms with Gasteiger partial charge in [0.1, 0.15) is 0 Å². The fourth-order valence-corrected chi connectivity index (χ4v) is 6.47. The van der Waals surface area contributed by atoms with E-state index < -0.39 is 11.7 Å². The van der Waals surface area contributed by atoms with E-state index >= 15 is 0 Å². The molecule has 0 aliphatic heterocycles. The van der Waals surface area contributed by atoms with Gasteiger partial charge in [-0.1, -0.05) is 125 Å². The van der Waals surface area contributed by atoms with Crippen molar-refractivity contribution in [1.82, 2.24) is 0 Å². The standard InChI is InChI=1S/C21H19F3.C18H17Br.C12H13.C6H4BrI.Pd/c1-3-4-5-17-6-8-18(9-7-17)10-11-19-12-14-20(15-13-19)16(2)21(22,23)24;1-2-3-4-15-5-7-16(8-6-15)9-10-17-11-13-18(19)14-12-17;1-3-5-6-12-9-7-11(4-2)8-10-12;7-5-1-3-6(8)4-2-5;/h6-9,12-15H,2-5H2,1H3;5-8,11-14H,2-4H2,1H3;7-10H,3,5-6H2,1H3;1-4H;/q;;+1;;. The van der Waals surface area contributed by atoms with E-state index in [0.717, 1.165) is 56.9 Å². The molecule has 0 fully saturated rings. The normalized spacial score (nSPS) is 9.92. The van der Waals surface area contributed by atoms with E-state index in [1.54, 1.807) is 12.1 Å². The van der Waals surface area contributed by atoms with Crippen LogP contribution in [-0.4, -0.2) is 6.18 Å². The molecule has 0 radical (unpaired) electrons. The van der Waals surface area contributed by atoms with E-state index in [0.29, 0.717) is 5.56 Å². The SMILES string of the molecule is Brc1ccc(I)cc1.C=C(c1ccc(C#Cc2ccc(CCCC)cc2)cc1)C(F)(F)F.CCCCc1ccc(C#Cc2ccc(Br)cc2)cc1.[C+]#Cc1ccc(CCCC)cc1.[Pd]. The molecule has 0 heterocycles. The first kappa shape index (κ1) is 56.2. The molecule has 0 aliphatic carbocycles. The van der Waals surface area contributed by atoms with Gasteiger partial charge < -0.3 is 0 Å². The molecule has 6 rings (SSSR count). The Morgan fingerprint density at radius 2 is 0.781 bits per heavy atom. The van der Waals surface area contributed by atoms with E-state index in [4.69, 9.17) is 6.42 Å². The second-order valence-corrected chi connectivity index (χ2v) is 17.6. The van der Waals surface area contributed by atoms with Crippen LogP contribution in [0.2, 0.25) is 0 Å². The van der Waals surface area contributed by atoms with Crippen LogP contribution in [0.1, 0.15) is 109 Å². The van der Waals surface area contributed by atoms with Gasteiger partial charge in [0.2, 0.25) is 0 Å². The van der Waals surface area contributed by atoms with E-state index in [9.17, 15) is 13.2 Å². The van der Waals surface area contributed by atoms with Crippen LogP contribution in [-0.2, 0) is 39.7 Å². The minimum atomic E-state index is -4.41. The monoisotopic (exact) mass is 1190 g/mol. The number of unbranched alkanes of at least 4 members (excludes halogenated alkanes) is 3. The van der Waals surface area contributed by atoms with Crippen LogP contribution >= 0.6 is 54.5 Å². The number of rotatable bonds is 10. The molecule has 7 heteroatoms. The van der Waals surface area contributed by atoms with E-state index in [1.807, 2.05) is 60.7 Å². The third kappa shape index (κ3) is 23.3. The van der Waals surface area contributed by atoms with Crippen molar-refractivity contribution in [3.63, 3.8) is 0 Å². The first-order valence-corrected chi connectivity index (χ1v) is 23.8. The summed E-state index contributed by atoms with van der Waals surface area (Å²) in [6.07, 6.45) is 13.2. The Morgan fingerprint density at radius 1 is 0.500 bits per heavy atom. The van der Waals surface area contributed by atoms with Crippen LogP contribution in [0.5, 0.6) is 0 Å². The quantitative estimate of drug-likeness (QED) is 0.0555. The van der Waals surface area contributed by atoms with Gasteiger partial charge in [-0.25, -0.2) is 0 Å². The molecule has 332 valence electrons. The Hall–Kier alpha value is -3.90. The van der Waals surface area contributed by atoms with Crippen molar-refractivity contribution < 1.29 is 33.6 Å². The van der Waals surface area contributed by atoms with Gasteiger partial charge in [0.05, 0.1) is 5.57 Å². The third-order valence-electron chi connectivity index (χ3n) is 9.39. The van der Waals surface area contributed by atoms with Crippen molar-refractivity contribution in [2.75, 3.05) is 0 Å². The molecule has 0 atom stereocenters. The van der Waals surface area contributed by atoms with Gasteiger partial charge in [0.15, 0.2) is 0 Å². The molecular weight excluding hydrogens is 1130 g/mol. The minimum absolute atomic E-state index is 0. The maximum Gasteiger partial charge on any atom is 0 e. The molecule has 0 nitrogen and oxygen atoms in total. The fourth-order valence-electron chi connectivity index (χ4n) is 5.58. The summed E-state index contributed by atoms with van der Waals surface area (Å²) in [6.45, 7) is 9.66. The average molecular weight is 1190 g/mol. The van der Waals surface area contributed by atoms with Crippen molar-refractivity contribution >= 4 is 60.0 Å². The molecule has 0 amide bonds. The zero-order chi connectivity index (χ0) is 45.9. The molecule has 0 bridgehead atoms. The summed E-state index contributed by atoms with van der Waals surface area (Å²) in [5.74, 6) is 14.7. The summed E-state index contributed by atoms with van der Waals surface area (Å²) in [5.41, 5.74) is 7.79. The topological polar surface area (TPSA) is 0 Å². The molecule has 0 saturated carbocycles. The molecule has 0 saturated heterocycles. The van der Waals surface area contributed by atoms with Crippen molar-refractivity contribution in [3.05, 3.63) is 221 Å². The Labute approximate surface area is 425 Å². The number of hydrogen-bond donors (Lipinski definition) is 0. The fraction of sp³-hybridized carbons (Fsp3) is 0.228. The van der Waals surface area contributed by atoms with E-state index in [-0.39, 0.29) is 26.0 Å². The molecule has 0 N–H and O–H groups in total. The predicted octanol–water partition coefficient (Wildman–Crippen LogP) is 17.2. The summed E-state index contributed by atoms with van der Waals surface area (Å²) >= 11 is 9.04. The molecule has 0 spiro atoms. The van der Waals surface area contributed by atoms with Crippen LogP contribution in [0, 0.1) is 39.6 Å². The maximum atomic E-state index is 12.6. The summed E-state index contributed by atoms with van der Waals surface area (Å²) < 4.78 is 41.3. The number of hydrogen-bond acceptors (Lipinski definition) is 0. The number of benzene rings is 6. The summed E-state index contributed by atoms with van der Waals surface area (Å²) in [7, 11) is 0. The minimum Gasteiger partial charge on any atom is 0 e. The number of aryl methyl sites for hydroxylation is 3. The molecule has 6 aromatic rings. The predicted molar refractivity (Wildman–Crippen MR) is 276 cm³/mol. The van der Waals surface area contributed by atoms with Crippen molar-refractivity contribution in [2.24, 2.45) is 0 Å². The van der Waals surface area contributed by atoms with Gasteiger partial charge in [0, 0.05) is 55.2 Å². The van der Waals surface area contributed by atoms with Gasteiger partial charge in [-0.2, -0.15) is 13.2 Å². The Balaban J connectivity index is 0.000000313. The second-order valence-electron chi connectivity index (χ2n) is 14.5. The van der Waals surface area contributed by atoms with Gasteiger partial charge in [-0.05, 0) is 150 Å². The summed E-state index contributed by atoms with van der Waals surface area (Å²) in [4.78, 5) is 0. The average Bonchev–Trinajstić information content (AvgIpc) is 3.30. The van der Waals surface area contributed by atoms with Gasteiger partial charge in [0.25, 0.3) is 0 Å². The van der Waals surface area contributed by atoms with Gasteiger partial charge in [-0.3, -0.25) is 0 Å². The third-order valence-corrected chi connectivity index (χ3v) is 11.2. The number of alkyl halides is 3. The first-order valence-electron chi connectivity index (χ1n) is 21.1. The van der Waals surface area contributed by atoms with Gasteiger partial charge in [-0.15, -0.1) is 0 Å². The Morgan fingerprint density at radius 3 is 1.06 bits per heavy atom. The van der Waals surface area contributed by atoms with Crippen molar-refractivity contribution in [2.45, 2.75) is 84.7 Å². The Bertz CT molecular complexity index is 2390. The van der Waals surface area contributed by atoms with Gasteiger partial charge >= 0.3 is 80.1 Å². The van der Waals surface area contributed by atoms with Crippen LogP contribution in [0.4, 0.5) is 13.2 Å². The van der Waals surface area contributed by atoms with Crippen LogP contribution < -0.4 is 0 Å². The maximum absolute atomic E-state index is 12.6. The van der Waals surface area contributed by atoms with Crippen LogP contribution in [0.15, 0.2) is 161 Å². The zero-order valence-corrected chi connectivity index (χ0v) is 43.4. The van der Waals surface area contributed by atoms with Crippen molar-refractivity contribution in [1.29, 1.82) is 0 Å². The molecule has 6 aromatic carbocycles. The molecule has 0 unspecified atom stereocenters. The molecular formula is C57H53Br2F3IPd+. The molecule has 64 heavy (non-hydrogen) atoms. The number of halogens is 6. The second kappa shape index (κ2) is 31.9. The molecule has 0 aromatic heterocycles. The molecule has 0 aliphatic rings. The smallest absolute Gasteiger partial charge is 0 e. The van der Waals surface area contributed by atoms with E-state index in [2.05, 4.69) is 172 Å². The van der Waals surface area contributed by atoms with E-state index in [1.165, 1.54) is 64.5 Å². The van der Waals surface area contributed by atoms with Crippen LogP contribution in [0.25, 0.3) is 5.57 Å². The largest absolute Gasteiger partial charge is 0 e. The zero-order valence-electron chi connectivity index (χ0n) is 36.5. The van der Waals surface area contributed by atoms with Crippen LogP contribution in [0.3, 0.4) is 0 Å². The first-order chi connectivity index (χ1) is 30.3.